The number of aromatic hydroxyl groups is 1. The topological polar surface area (TPSA) is 64.1 Å². The van der Waals surface area contributed by atoms with Crippen LogP contribution in [0.15, 0.2) is 59.1 Å². The van der Waals surface area contributed by atoms with Gasteiger partial charge < -0.3 is 10.8 Å². The van der Waals surface area contributed by atoms with E-state index in [0.717, 1.165) is 15.7 Å². The van der Waals surface area contributed by atoms with Crippen LogP contribution < -0.4 is 5.73 Å². The first-order valence-electron chi connectivity index (χ1n) is 6.05. The van der Waals surface area contributed by atoms with Gasteiger partial charge >= 0.3 is 0 Å². The molecule has 0 radical (unpaired) electrons. The zero-order valence-electron chi connectivity index (χ0n) is 10.5. The molecular formula is C15H12BrN3O. The summed E-state index contributed by atoms with van der Waals surface area (Å²) in [4.78, 5) is 0. The molecule has 3 rings (SSSR count). The Morgan fingerprint density at radius 2 is 1.75 bits per heavy atom. The minimum Gasteiger partial charge on any atom is -0.493 e. The molecule has 5 heteroatoms. The molecule has 20 heavy (non-hydrogen) atoms. The normalized spacial score (nSPS) is 10.7. The highest BCUT2D eigenvalue weighted by Gasteiger charge is 2.11. The average molecular weight is 330 g/mol. The Labute approximate surface area is 124 Å². The van der Waals surface area contributed by atoms with Gasteiger partial charge in [0.15, 0.2) is 0 Å². The van der Waals surface area contributed by atoms with Crippen molar-refractivity contribution in [2.24, 2.45) is 0 Å². The Hall–Kier alpha value is -2.27. The number of hydrogen-bond donors (Lipinski definition) is 2. The van der Waals surface area contributed by atoms with Crippen molar-refractivity contribution >= 4 is 21.6 Å². The number of benzene rings is 2. The molecule has 1 aromatic heterocycles. The van der Waals surface area contributed by atoms with Gasteiger partial charge in [0.05, 0.1) is 11.4 Å². The minimum atomic E-state index is 0.0868. The summed E-state index contributed by atoms with van der Waals surface area (Å²) in [7, 11) is 0. The van der Waals surface area contributed by atoms with Crippen LogP contribution in [0.25, 0.3) is 16.9 Å². The van der Waals surface area contributed by atoms with Crippen LogP contribution in [-0.2, 0) is 0 Å². The number of aromatic nitrogens is 2. The molecule has 0 unspecified atom stereocenters. The molecule has 1 heterocycles. The Morgan fingerprint density at radius 3 is 2.45 bits per heavy atom. The molecule has 2 aromatic carbocycles. The standard InChI is InChI=1S/C15H12BrN3O/c16-12-3-1-2-4-14(12)19-15(20)9-13(18-19)10-5-7-11(17)8-6-10/h1-9,20H,17H2. The van der Waals surface area contributed by atoms with Crippen molar-refractivity contribution in [3.63, 3.8) is 0 Å². The van der Waals surface area contributed by atoms with Crippen LogP contribution in [-0.4, -0.2) is 14.9 Å². The summed E-state index contributed by atoms with van der Waals surface area (Å²) in [5.41, 5.74) is 8.75. The highest BCUT2D eigenvalue weighted by Crippen LogP contribution is 2.28. The number of nitrogens with zero attached hydrogens (tertiary/aromatic N) is 2. The third kappa shape index (κ3) is 2.28. The van der Waals surface area contributed by atoms with Gasteiger partial charge in [-0.25, -0.2) is 0 Å². The SMILES string of the molecule is Nc1ccc(-c2cc(O)n(-c3ccccc3Br)n2)cc1. The van der Waals surface area contributed by atoms with Crippen molar-refractivity contribution < 1.29 is 5.11 Å². The highest BCUT2D eigenvalue weighted by atomic mass is 79.9. The smallest absolute Gasteiger partial charge is 0.214 e. The highest BCUT2D eigenvalue weighted by molar-refractivity contribution is 9.10. The summed E-state index contributed by atoms with van der Waals surface area (Å²) < 4.78 is 2.36. The summed E-state index contributed by atoms with van der Waals surface area (Å²) in [5, 5.41) is 14.5. The molecule has 0 saturated heterocycles. The molecule has 0 spiro atoms. The molecule has 0 fully saturated rings. The van der Waals surface area contributed by atoms with E-state index in [-0.39, 0.29) is 5.88 Å². The predicted molar refractivity (Wildman–Crippen MR) is 82.8 cm³/mol. The van der Waals surface area contributed by atoms with Gasteiger partial charge in [0.2, 0.25) is 5.88 Å². The van der Waals surface area contributed by atoms with Gasteiger partial charge in [0, 0.05) is 21.8 Å². The number of hydrogen-bond acceptors (Lipinski definition) is 3. The number of anilines is 1. The Morgan fingerprint density at radius 1 is 1.05 bits per heavy atom. The van der Waals surface area contributed by atoms with Crippen LogP contribution in [0.3, 0.4) is 0 Å². The first-order valence-corrected chi connectivity index (χ1v) is 6.84. The second kappa shape index (κ2) is 5.02. The van der Waals surface area contributed by atoms with Crippen LogP contribution in [0.1, 0.15) is 0 Å². The van der Waals surface area contributed by atoms with E-state index in [1.807, 2.05) is 48.5 Å². The molecule has 0 aliphatic rings. The Balaban J connectivity index is 2.08. The van der Waals surface area contributed by atoms with Gasteiger partial charge in [-0.2, -0.15) is 9.78 Å². The summed E-state index contributed by atoms with van der Waals surface area (Å²) in [6, 6.07) is 16.6. The second-order valence-corrected chi connectivity index (χ2v) is 5.23. The monoisotopic (exact) mass is 329 g/mol. The largest absolute Gasteiger partial charge is 0.493 e. The van der Waals surface area contributed by atoms with Gasteiger partial charge in [-0.05, 0) is 40.2 Å². The van der Waals surface area contributed by atoms with E-state index >= 15 is 0 Å². The van der Waals surface area contributed by atoms with Gasteiger partial charge in [0.25, 0.3) is 0 Å². The third-order valence-corrected chi connectivity index (χ3v) is 3.65. The Kier molecular flexibility index (Phi) is 3.20. The number of nitrogens with two attached hydrogens (primary N) is 1. The molecule has 0 amide bonds. The number of rotatable bonds is 2. The molecule has 0 atom stereocenters. The molecule has 100 valence electrons. The quantitative estimate of drug-likeness (QED) is 0.706. The maximum absolute atomic E-state index is 10.1. The predicted octanol–water partition coefficient (Wildman–Crippen LogP) is 3.59. The number of halogens is 1. The lowest BCUT2D eigenvalue weighted by molar-refractivity contribution is 0.433. The van der Waals surface area contributed by atoms with Gasteiger partial charge in [-0.3, -0.25) is 0 Å². The summed E-state index contributed by atoms with van der Waals surface area (Å²) >= 11 is 3.45. The van der Waals surface area contributed by atoms with E-state index in [0.29, 0.717) is 11.4 Å². The lowest BCUT2D eigenvalue weighted by Gasteiger charge is -2.05. The van der Waals surface area contributed by atoms with E-state index in [4.69, 9.17) is 5.73 Å². The van der Waals surface area contributed by atoms with E-state index in [2.05, 4.69) is 21.0 Å². The first kappa shape index (κ1) is 12.7. The second-order valence-electron chi connectivity index (χ2n) is 4.37. The van der Waals surface area contributed by atoms with Crippen molar-refractivity contribution in [3.8, 4) is 22.8 Å². The summed E-state index contributed by atoms with van der Waals surface area (Å²) in [5.74, 6) is 0.0868. The van der Waals surface area contributed by atoms with E-state index in [9.17, 15) is 5.11 Å². The van der Waals surface area contributed by atoms with E-state index in [1.165, 1.54) is 4.68 Å². The summed E-state index contributed by atoms with van der Waals surface area (Å²) in [6.07, 6.45) is 0. The van der Waals surface area contributed by atoms with Crippen molar-refractivity contribution in [3.05, 3.63) is 59.1 Å². The maximum Gasteiger partial charge on any atom is 0.214 e. The van der Waals surface area contributed by atoms with Crippen LogP contribution in [0.5, 0.6) is 5.88 Å². The van der Waals surface area contributed by atoms with Gasteiger partial charge in [-0.1, -0.05) is 24.3 Å². The number of para-hydroxylation sites is 1. The Bertz CT molecular complexity index is 750. The molecular weight excluding hydrogens is 318 g/mol. The zero-order chi connectivity index (χ0) is 14.1. The minimum absolute atomic E-state index is 0.0868. The fraction of sp³-hybridized carbons (Fsp3) is 0. The van der Waals surface area contributed by atoms with Crippen molar-refractivity contribution in [2.45, 2.75) is 0 Å². The van der Waals surface area contributed by atoms with E-state index in [1.54, 1.807) is 6.07 Å². The van der Waals surface area contributed by atoms with Gasteiger partial charge in [-0.15, -0.1) is 0 Å². The first-order chi connectivity index (χ1) is 9.65. The molecule has 0 bridgehead atoms. The fourth-order valence-corrected chi connectivity index (χ4v) is 2.42. The molecule has 4 nitrogen and oxygen atoms in total. The fourth-order valence-electron chi connectivity index (χ4n) is 1.97. The molecule has 3 N–H and O–H groups in total. The maximum atomic E-state index is 10.1. The molecule has 0 aliphatic heterocycles. The number of nitrogen functional groups attached to an aromatic ring is 1. The lowest BCUT2D eigenvalue weighted by Crippen LogP contribution is -1.97. The van der Waals surface area contributed by atoms with Crippen molar-refractivity contribution in [1.29, 1.82) is 0 Å². The molecule has 3 aromatic rings. The van der Waals surface area contributed by atoms with Crippen molar-refractivity contribution in [2.75, 3.05) is 5.73 Å². The van der Waals surface area contributed by atoms with Crippen LogP contribution in [0.4, 0.5) is 5.69 Å². The van der Waals surface area contributed by atoms with Gasteiger partial charge in [0.1, 0.15) is 0 Å². The lowest BCUT2D eigenvalue weighted by atomic mass is 10.1. The molecule has 0 aliphatic carbocycles. The van der Waals surface area contributed by atoms with Crippen LogP contribution in [0.2, 0.25) is 0 Å². The van der Waals surface area contributed by atoms with Crippen LogP contribution in [0, 0.1) is 0 Å². The van der Waals surface area contributed by atoms with E-state index < -0.39 is 0 Å². The zero-order valence-corrected chi connectivity index (χ0v) is 12.1. The summed E-state index contributed by atoms with van der Waals surface area (Å²) in [6.45, 7) is 0. The average Bonchev–Trinajstić information content (AvgIpc) is 2.82. The third-order valence-electron chi connectivity index (χ3n) is 2.98. The van der Waals surface area contributed by atoms with Crippen LogP contribution >= 0.6 is 15.9 Å². The van der Waals surface area contributed by atoms with Crippen molar-refractivity contribution in [1.82, 2.24) is 9.78 Å². The molecule has 0 saturated carbocycles.